The molecule has 0 bridgehead atoms. The number of nitrogens with two attached hydrogens (primary N) is 1. The van der Waals surface area contributed by atoms with Crippen molar-refractivity contribution in [2.24, 2.45) is 0 Å². The van der Waals surface area contributed by atoms with E-state index in [1.165, 1.54) is 6.33 Å². The van der Waals surface area contributed by atoms with Gasteiger partial charge in [-0.1, -0.05) is 0 Å². The third-order valence-electron chi connectivity index (χ3n) is 4.20. The fourth-order valence-electron chi connectivity index (χ4n) is 3.10. The Morgan fingerprint density at radius 3 is 3.10 bits per heavy atom. The number of hydrogen-bond donors (Lipinski definition) is 4. The smallest absolute Gasteiger partial charge is 0.280 e. The molecule has 0 radical (unpaired) electrons. The number of nitrogens with one attached hydrogen (secondary N) is 1. The number of imidazole rings is 1. The van der Waals surface area contributed by atoms with Crippen LogP contribution in [-0.4, -0.2) is 54.1 Å². The van der Waals surface area contributed by atoms with E-state index in [0.29, 0.717) is 12.1 Å². The van der Waals surface area contributed by atoms with Gasteiger partial charge in [-0.05, 0) is 6.42 Å². The average Bonchev–Trinajstić information content (AvgIpc) is 2.91. The van der Waals surface area contributed by atoms with Crippen molar-refractivity contribution in [3.8, 4) is 0 Å². The van der Waals surface area contributed by atoms with E-state index in [-0.39, 0.29) is 30.2 Å². The first kappa shape index (κ1) is 11.8. The summed E-state index contributed by atoms with van der Waals surface area (Å²) < 4.78 is 7.13. The fourth-order valence-corrected chi connectivity index (χ4v) is 3.10. The number of aromatic nitrogens is 4. The number of hydrogen-bond acceptors (Lipinski definition) is 7. The van der Waals surface area contributed by atoms with Gasteiger partial charge >= 0.3 is 0 Å². The molecule has 20 heavy (non-hydrogen) atoms. The van der Waals surface area contributed by atoms with Gasteiger partial charge in [-0.2, -0.15) is 4.98 Å². The van der Waals surface area contributed by atoms with Crippen LogP contribution in [0.25, 0.3) is 11.2 Å². The largest absolute Gasteiger partial charge is 0.393 e. The van der Waals surface area contributed by atoms with Gasteiger partial charge in [0, 0.05) is 0 Å². The molecule has 4 atom stereocenters. The minimum absolute atomic E-state index is 0.00734. The standard InChI is InChI=1S/C11H13N5O4/c12-10-14-8-6(9(19)15-10)13-3-16(8)4-1-5(18)11(2-17)7(4)20-11/h3-5,7,17-18H,1-2H2,(H3,12,14,15,19)/t4-,5-,7+,11-/m0/s1. The van der Waals surface area contributed by atoms with Gasteiger partial charge in [0.25, 0.3) is 5.56 Å². The molecule has 0 aromatic carbocycles. The van der Waals surface area contributed by atoms with Crippen LogP contribution in [-0.2, 0) is 4.74 Å². The van der Waals surface area contributed by atoms with Crippen LogP contribution in [0.3, 0.4) is 0 Å². The Hall–Kier alpha value is -1.97. The maximum Gasteiger partial charge on any atom is 0.280 e. The maximum absolute atomic E-state index is 11.7. The van der Waals surface area contributed by atoms with Crippen LogP contribution in [0.1, 0.15) is 12.5 Å². The summed E-state index contributed by atoms with van der Waals surface area (Å²) in [5.41, 5.74) is 4.80. The highest BCUT2D eigenvalue weighted by Crippen LogP contribution is 2.55. The number of epoxide rings is 1. The molecule has 106 valence electrons. The molecule has 0 spiro atoms. The molecule has 1 aliphatic carbocycles. The maximum atomic E-state index is 11.7. The third-order valence-corrected chi connectivity index (χ3v) is 4.20. The van der Waals surface area contributed by atoms with E-state index in [9.17, 15) is 15.0 Å². The Morgan fingerprint density at radius 1 is 1.65 bits per heavy atom. The molecule has 9 heteroatoms. The fraction of sp³-hybridized carbons (Fsp3) is 0.545. The predicted molar refractivity (Wildman–Crippen MR) is 66.9 cm³/mol. The van der Waals surface area contributed by atoms with Gasteiger partial charge in [0.15, 0.2) is 11.2 Å². The molecule has 4 rings (SSSR count). The lowest BCUT2D eigenvalue weighted by molar-refractivity contribution is 0.0243. The second kappa shape index (κ2) is 3.57. The van der Waals surface area contributed by atoms with Crippen molar-refractivity contribution in [1.29, 1.82) is 0 Å². The molecule has 0 amide bonds. The van der Waals surface area contributed by atoms with Crippen LogP contribution < -0.4 is 11.3 Å². The van der Waals surface area contributed by atoms with Gasteiger partial charge in [-0.25, -0.2) is 4.98 Å². The average molecular weight is 279 g/mol. The summed E-state index contributed by atoms with van der Waals surface area (Å²) in [6.07, 6.45) is 0.839. The quantitative estimate of drug-likeness (QED) is 0.472. The minimum Gasteiger partial charge on any atom is -0.393 e. The molecule has 2 aromatic heterocycles. The minimum atomic E-state index is -0.881. The molecule has 1 aliphatic heterocycles. The number of aliphatic hydroxyl groups is 2. The normalized spacial score (nSPS) is 35.4. The zero-order valence-corrected chi connectivity index (χ0v) is 10.4. The van der Waals surface area contributed by atoms with Crippen LogP contribution in [0.4, 0.5) is 5.95 Å². The second-order valence-electron chi connectivity index (χ2n) is 5.25. The summed E-state index contributed by atoms with van der Waals surface area (Å²) in [5.74, 6) is 0.00734. The van der Waals surface area contributed by atoms with Gasteiger partial charge in [-0.3, -0.25) is 9.78 Å². The number of ether oxygens (including phenoxy) is 1. The zero-order chi connectivity index (χ0) is 14.1. The zero-order valence-electron chi connectivity index (χ0n) is 10.4. The third kappa shape index (κ3) is 1.29. The van der Waals surface area contributed by atoms with E-state index in [2.05, 4.69) is 15.0 Å². The molecule has 3 heterocycles. The number of anilines is 1. The molecule has 1 saturated carbocycles. The van der Waals surface area contributed by atoms with Crippen molar-refractivity contribution in [3.05, 3.63) is 16.7 Å². The van der Waals surface area contributed by atoms with Crippen molar-refractivity contribution in [2.45, 2.75) is 30.3 Å². The van der Waals surface area contributed by atoms with Gasteiger partial charge in [0.1, 0.15) is 11.7 Å². The molecule has 5 N–H and O–H groups in total. The van der Waals surface area contributed by atoms with Crippen LogP contribution in [0.15, 0.2) is 11.1 Å². The number of fused-ring (bicyclic) bond motifs is 2. The molecule has 2 aromatic rings. The summed E-state index contributed by atoms with van der Waals surface area (Å²) >= 11 is 0. The van der Waals surface area contributed by atoms with Crippen LogP contribution in [0.2, 0.25) is 0 Å². The van der Waals surface area contributed by atoms with Crippen molar-refractivity contribution in [2.75, 3.05) is 12.3 Å². The predicted octanol–water partition coefficient (Wildman–Crippen LogP) is -1.86. The highest BCUT2D eigenvalue weighted by Gasteiger charge is 2.70. The van der Waals surface area contributed by atoms with Gasteiger partial charge < -0.3 is 25.3 Å². The monoisotopic (exact) mass is 279 g/mol. The van der Waals surface area contributed by atoms with E-state index >= 15 is 0 Å². The number of nitrogen functional groups attached to an aromatic ring is 1. The molecule has 2 fully saturated rings. The first-order chi connectivity index (χ1) is 9.56. The second-order valence-corrected chi connectivity index (χ2v) is 5.25. The Morgan fingerprint density at radius 2 is 2.45 bits per heavy atom. The van der Waals surface area contributed by atoms with Crippen LogP contribution in [0, 0.1) is 0 Å². The molecular weight excluding hydrogens is 266 g/mol. The summed E-state index contributed by atoms with van der Waals surface area (Å²) in [4.78, 5) is 22.2. The molecule has 2 aliphatic rings. The number of aromatic amines is 1. The van der Waals surface area contributed by atoms with Gasteiger partial charge in [0.05, 0.1) is 25.1 Å². The number of H-pyrrole nitrogens is 1. The molecule has 0 unspecified atom stereocenters. The van der Waals surface area contributed by atoms with E-state index < -0.39 is 17.3 Å². The Balaban J connectivity index is 1.83. The Labute approximate surface area is 112 Å². The van der Waals surface area contributed by atoms with Crippen molar-refractivity contribution in [3.63, 3.8) is 0 Å². The lowest BCUT2D eigenvalue weighted by atomic mass is 10.1. The lowest BCUT2D eigenvalue weighted by Gasteiger charge is -2.15. The highest BCUT2D eigenvalue weighted by molar-refractivity contribution is 5.70. The summed E-state index contributed by atoms with van der Waals surface area (Å²) in [6, 6.07) is -0.226. The van der Waals surface area contributed by atoms with Crippen LogP contribution in [0.5, 0.6) is 0 Å². The highest BCUT2D eigenvalue weighted by atomic mass is 16.6. The lowest BCUT2D eigenvalue weighted by Crippen LogP contribution is -2.30. The Kier molecular flexibility index (Phi) is 2.11. The van der Waals surface area contributed by atoms with Crippen molar-refractivity contribution < 1.29 is 14.9 Å². The molecular formula is C11H13N5O4. The van der Waals surface area contributed by atoms with Gasteiger partial charge in [-0.15, -0.1) is 0 Å². The van der Waals surface area contributed by atoms with E-state index in [4.69, 9.17) is 10.5 Å². The first-order valence-electron chi connectivity index (χ1n) is 6.26. The van der Waals surface area contributed by atoms with E-state index in [0.717, 1.165) is 0 Å². The SMILES string of the molecule is Nc1nc2c(ncn2[C@H]2C[C@H](O)[C@]3(CO)O[C@H]23)c(=O)[nH]1. The molecule has 9 nitrogen and oxygen atoms in total. The van der Waals surface area contributed by atoms with E-state index in [1.54, 1.807) is 4.57 Å². The van der Waals surface area contributed by atoms with Crippen molar-refractivity contribution >= 4 is 17.1 Å². The summed E-state index contributed by atoms with van der Waals surface area (Å²) in [5, 5.41) is 19.4. The number of aliphatic hydroxyl groups excluding tert-OH is 2. The molecule has 1 saturated heterocycles. The van der Waals surface area contributed by atoms with Crippen molar-refractivity contribution in [1.82, 2.24) is 19.5 Å². The Bertz CT molecular complexity index is 755. The summed E-state index contributed by atoms with van der Waals surface area (Å²) in [7, 11) is 0. The topological polar surface area (TPSA) is 143 Å². The number of nitrogens with zero attached hydrogens (tertiary/aromatic N) is 3. The van der Waals surface area contributed by atoms with E-state index in [1.807, 2.05) is 0 Å². The summed E-state index contributed by atoms with van der Waals surface area (Å²) in [6.45, 7) is -0.238. The number of rotatable bonds is 2. The van der Waals surface area contributed by atoms with Crippen LogP contribution >= 0.6 is 0 Å². The first-order valence-corrected chi connectivity index (χ1v) is 6.26. The van der Waals surface area contributed by atoms with Gasteiger partial charge in [0.2, 0.25) is 5.95 Å².